The van der Waals surface area contributed by atoms with Crippen LogP contribution in [0.1, 0.15) is 11.6 Å². The second-order valence-electron chi connectivity index (χ2n) is 4.69. The van der Waals surface area contributed by atoms with E-state index in [1.807, 2.05) is 0 Å². The molecule has 114 valence electrons. The summed E-state index contributed by atoms with van der Waals surface area (Å²) >= 11 is 0. The van der Waals surface area contributed by atoms with Gasteiger partial charge >= 0.3 is 5.97 Å². The van der Waals surface area contributed by atoms with Crippen molar-refractivity contribution in [1.82, 2.24) is 4.90 Å². The second-order valence-corrected chi connectivity index (χ2v) is 6.80. The van der Waals surface area contributed by atoms with Gasteiger partial charge in [0.25, 0.3) is 0 Å². The largest absolute Gasteiger partial charge is 0.480 e. The third-order valence-corrected chi connectivity index (χ3v) is 4.54. The molecule has 1 aromatic carbocycles. The van der Waals surface area contributed by atoms with Gasteiger partial charge in [-0.2, -0.15) is 0 Å². The summed E-state index contributed by atoms with van der Waals surface area (Å²) < 4.78 is 49.8. The molecule has 2 rings (SSSR count). The van der Waals surface area contributed by atoms with Crippen LogP contribution in [-0.4, -0.2) is 48.4 Å². The minimum atomic E-state index is -3.75. The molecule has 1 amide bonds. The first-order valence-corrected chi connectivity index (χ1v) is 7.68. The lowest BCUT2D eigenvalue weighted by molar-refractivity contribution is -0.145. The topological polar surface area (TPSA) is 91.8 Å². The van der Waals surface area contributed by atoms with E-state index in [0.29, 0.717) is 6.07 Å². The molecule has 1 aliphatic rings. The normalized spacial score (nSPS) is 21.3. The highest BCUT2D eigenvalue weighted by atomic mass is 32.2. The van der Waals surface area contributed by atoms with E-state index < -0.39 is 57.4 Å². The van der Waals surface area contributed by atoms with Gasteiger partial charge in [0.05, 0.1) is 11.8 Å². The number of halogens is 2. The fourth-order valence-corrected chi connectivity index (χ4v) is 3.74. The van der Waals surface area contributed by atoms with Crippen LogP contribution in [0.3, 0.4) is 0 Å². The van der Waals surface area contributed by atoms with E-state index in [2.05, 4.69) is 0 Å². The van der Waals surface area contributed by atoms with Crippen LogP contribution in [0.25, 0.3) is 0 Å². The van der Waals surface area contributed by atoms with Crippen molar-refractivity contribution in [3.05, 3.63) is 35.4 Å². The maximum absolute atomic E-state index is 13.3. The Morgan fingerprint density at radius 3 is 2.38 bits per heavy atom. The molecule has 9 heteroatoms. The lowest BCUT2D eigenvalue weighted by Gasteiger charge is -2.34. The van der Waals surface area contributed by atoms with E-state index in [4.69, 9.17) is 5.11 Å². The molecule has 0 aromatic heterocycles. The smallest absolute Gasteiger partial charge is 0.323 e. The van der Waals surface area contributed by atoms with Crippen LogP contribution < -0.4 is 0 Å². The highest BCUT2D eigenvalue weighted by molar-refractivity contribution is 7.92. The van der Waals surface area contributed by atoms with E-state index in [9.17, 15) is 26.8 Å². The average molecular weight is 319 g/mol. The maximum Gasteiger partial charge on any atom is 0.323 e. The summed E-state index contributed by atoms with van der Waals surface area (Å²) in [5, 5.41) is 8.80. The summed E-state index contributed by atoms with van der Waals surface area (Å²) in [7, 11) is -3.75. The summed E-state index contributed by atoms with van der Waals surface area (Å²) in [6.07, 6.45) is 0. The zero-order valence-corrected chi connectivity index (χ0v) is 11.4. The zero-order valence-electron chi connectivity index (χ0n) is 10.6. The Morgan fingerprint density at radius 1 is 1.29 bits per heavy atom. The second kappa shape index (κ2) is 5.40. The van der Waals surface area contributed by atoms with Gasteiger partial charge in [-0.25, -0.2) is 17.2 Å². The van der Waals surface area contributed by atoms with Crippen molar-refractivity contribution in [2.45, 2.75) is 6.04 Å². The van der Waals surface area contributed by atoms with E-state index in [1.165, 1.54) is 0 Å². The lowest BCUT2D eigenvalue weighted by Crippen LogP contribution is -2.49. The molecule has 0 aliphatic carbocycles. The minimum Gasteiger partial charge on any atom is -0.480 e. The van der Waals surface area contributed by atoms with Gasteiger partial charge < -0.3 is 10.0 Å². The number of nitrogens with zero attached hydrogens (tertiary/aromatic N) is 1. The van der Waals surface area contributed by atoms with Crippen LogP contribution >= 0.6 is 0 Å². The number of hydrogen-bond acceptors (Lipinski definition) is 4. The molecule has 0 spiro atoms. The zero-order chi connectivity index (χ0) is 15.8. The number of carboxylic acids is 1. The third-order valence-electron chi connectivity index (χ3n) is 3.03. The fraction of sp³-hybridized carbons (Fsp3) is 0.333. The summed E-state index contributed by atoms with van der Waals surface area (Å²) in [4.78, 5) is 23.4. The molecule has 21 heavy (non-hydrogen) atoms. The van der Waals surface area contributed by atoms with Crippen LogP contribution in [0.15, 0.2) is 18.2 Å². The predicted molar refractivity (Wildman–Crippen MR) is 67.1 cm³/mol. The van der Waals surface area contributed by atoms with E-state index in [1.54, 1.807) is 0 Å². The molecule has 0 radical (unpaired) electrons. The van der Waals surface area contributed by atoms with Crippen LogP contribution in [0.5, 0.6) is 0 Å². The van der Waals surface area contributed by atoms with Gasteiger partial charge in [0.2, 0.25) is 5.91 Å². The number of carbonyl (C=O) groups excluding carboxylic acids is 1. The van der Waals surface area contributed by atoms with Gasteiger partial charge in [0.1, 0.15) is 23.9 Å². The first-order chi connectivity index (χ1) is 9.68. The standard InChI is InChI=1S/C12H11F2NO5S/c13-8-1-7(2-9(14)3-8)10-5-21(19,20)6-11(16)15(10)4-12(17)18/h1-3,10H,4-6H2,(H,17,18)/t10-/m0/s1. The monoisotopic (exact) mass is 319 g/mol. The lowest BCUT2D eigenvalue weighted by atomic mass is 10.1. The Labute approximate surface area is 118 Å². The first-order valence-electron chi connectivity index (χ1n) is 5.85. The Balaban J connectivity index is 2.47. The molecular weight excluding hydrogens is 308 g/mol. The first kappa shape index (κ1) is 15.4. The van der Waals surface area contributed by atoms with E-state index >= 15 is 0 Å². The molecule has 1 saturated heterocycles. The van der Waals surface area contributed by atoms with Crippen LogP contribution in [0.4, 0.5) is 8.78 Å². The number of hydrogen-bond donors (Lipinski definition) is 1. The van der Waals surface area contributed by atoms with Crippen molar-refractivity contribution < 1.29 is 31.9 Å². The summed E-state index contributed by atoms with van der Waals surface area (Å²) in [5.74, 6) is -5.50. The summed E-state index contributed by atoms with van der Waals surface area (Å²) in [6.45, 7) is -0.739. The van der Waals surface area contributed by atoms with Crippen molar-refractivity contribution in [3.63, 3.8) is 0 Å². The highest BCUT2D eigenvalue weighted by Gasteiger charge is 2.38. The Morgan fingerprint density at radius 2 is 1.86 bits per heavy atom. The SMILES string of the molecule is O=C(O)CN1C(=O)CS(=O)(=O)C[C@H]1c1cc(F)cc(F)c1. The van der Waals surface area contributed by atoms with Crippen molar-refractivity contribution >= 4 is 21.7 Å². The summed E-state index contributed by atoms with van der Waals surface area (Å²) in [5.41, 5.74) is -0.0922. The molecule has 1 aliphatic heterocycles. The molecule has 0 unspecified atom stereocenters. The van der Waals surface area contributed by atoms with Crippen molar-refractivity contribution in [1.29, 1.82) is 0 Å². The van der Waals surface area contributed by atoms with Crippen LogP contribution in [0, 0.1) is 11.6 Å². The van der Waals surface area contributed by atoms with Gasteiger partial charge in [-0.15, -0.1) is 0 Å². The molecule has 1 atom stereocenters. The molecular formula is C12H11F2NO5S. The Bertz CT molecular complexity index is 683. The van der Waals surface area contributed by atoms with Gasteiger partial charge in [0.15, 0.2) is 9.84 Å². The molecule has 1 aromatic rings. The molecule has 1 fully saturated rings. The number of carbonyl (C=O) groups is 2. The number of sulfone groups is 1. The average Bonchev–Trinajstić information content (AvgIpc) is 2.30. The molecule has 6 nitrogen and oxygen atoms in total. The van der Waals surface area contributed by atoms with E-state index in [-0.39, 0.29) is 5.56 Å². The molecule has 1 N–H and O–H groups in total. The van der Waals surface area contributed by atoms with E-state index in [0.717, 1.165) is 17.0 Å². The highest BCUT2D eigenvalue weighted by Crippen LogP contribution is 2.28. The maximum atomic E-state index is 13.3. The molecule has 1 heterocycles. The molecule has 0 saturated carbocycles. The Hall–Kier alpha value is -2.03. The third kappa shape index (κ3) is 3.54. The molecule has 0 bridgehead atoms. The van der Waals surface area contributed by atoms with Crippen molar-refractivity contribution in [3.8, 4) is 0 Å². The van der Waals surface area contributed by atoms with Gasteiger partial charge in [-0.3, -0.25) is 9.59 Å². The van der Waals surface area contributed by atoms with Gasteiger partial charge in [-0.05, 0) is 17.7 Å². The van der Waals surface area contributed by atoms with Gasteiger partial charge in [-0.1, -0.05) is 0 Å². The van der Waals surface area contributed by atoms with Crippen molar-refractivity contribution in [2.75, 3.05) is 18.1 Å². The van der Waals surface area contributed by atoms with Crippen molar-refractivity contribution in [2.24, 2.45) is 0 Å². The van der Waals surface area contributed by atoms with Crippen LogP contribution in [-0.2, 0) is 19.4 Å². The number of amides is 1. The predicted octanol–water partition coefficient (Wildman–Crippen LogP) is 0.348. The number of aliphatic carboxylic acids is 1. The fourth-order valence-electron chi connectivity index (χ4n) is 2.22. The number of benzene rings is 1. The van der Waals surface area contributed by atoms with Gasteiger partial charge in [0, 0.05) is 6.07 Å². The van der Waals surface area contributed by atoms with Crippen LogP contribution in [0.2, 0.25) is 0 Å². The number of carboxylic acid groups (broad SMARTS) is 1. The minimum absolute atomic E-state index is 0.0922. The quantitative estimate of drug-likeness (QED) is 0.868. The Kier molecular flexibility index (Phi) is 3.95. The number of rotatable bonds is 3. The summed E-state index contributed by atoms with van der Waals surface area (Å²) in [6, 6.07) is 1.15.